The summed E-state index contributed by atoms with van der Waals surface area (Å²) in [6.07, 6.45) is 2.81. The average molecular weight is 209 g/mol. The van der Waals surface area contributed by atoms with Crippen molar-refractivity contribution in [3.8, 4) is 0 Å². The van der Waals surface area contributed by atoms with Crippen LogP contribution in [0.3, 0.4) is 0 Å². The molecule has 0 aliphatic carbocycles. The molecule has 0 spiro atoms. The van der Waals surface area contributed by atoms with Crippen molar-refractivity contribution in [2.24, 2.45) is 0 Å². The Kier molecular flexibility index (Phi) is 3.06. The van der Waals surface area contributed by atoms with E-state index in [0.29, 0.717) is 0 Å². The maximum absolute atomic E-state index is 5.66. The minimum absolute atomic E-state index is 0.806. The van der Waals surface area contributed by atoms with Gasteiger partial charge in [0, 0.05) is 5.69 Å². The Morgan fingerprint density at radius 3 is 2.38 bits per heavy atom. The molecule has 80 valence electrons. The van der Waals surface area contributed by atoms with Crippen molar-refractivity contribution >= 4 is 11.8 Å². The van der Waals surface area contributed by atoms with Gasteiger partial charge >= 0.3 is 0 Å². The van der Waals surface area contributed by atoms with Gasteiger partial charge in [-0.3, -0.25) is 0 Å². The first kappa shape index (κ1) is 10.5. The standard InChI is InChI=1S/C15H15N/c1-2-13-5-3-4-6-14(13)11-12-7-9-15(16)10-8-12/h2-10H,1,11,16H2. The third kappa shape index (κ3) is 2.31. The van der Waals surface area contributed by atoms with Gasteiger partial charge in [-0.25, -0.2) is 0 Å². The number of rotatable bonds is 3. The topological polar surface area (TPSA) is 26.0 Å². The highest BCUT2D eigenvalue weighted by Crippen LogP contribution is 2.16. The molecule has 1 nitrogen and oxygen atoms in total. The number of hydrogen-bond donors (Lipinski definition) is 1. The molecule has 2 rings (SSSR count). The molecule has 0 saturated carbocycles. The normalized spacial score (nSPS) is 10.0. The second kappa shape index (κ2) is 4.67. The van der Waals surface area contributed by atoms with Crippen LogP contribution in [0.1, 0.15) is 16.7 Å². The molecule has 0 unspecified atom stereocenters. The van der Waals surface area contributed by atoms with E-state index >= 15 is 0 Å². The van der Waals surface area contributed by atoms with Crippen LogP contribution in [-0.4, -0.2) is 0 Å². The molecular formula is C15H15N. The van der Waals surface area contributed by atoms with Gasteiger partial charge in [-0.15, -0.1) is 0 Å². The third-order valence-corrected chi connectivity index (χ3v) is 2.65. The highest BCUT2D eigenvalue weighted by Gasteiger charge is 1.99. The highest BCUT2D eigenvalue weighted by atomic mass is 14.5. The Labute approximate surface area is 96.2 Å². The second-order valence-electron chi connectivity index (χ2n) is 3.82. The van der Waals surface area contributed by atoms with Crippen LogP contribution < -0.4 is 5.73 Å². The molecule has 0 amide bonds. The molecule has 0 aromatic heterocycles. The lowest BCUT2D eigenvalue weighted by Crippen LogP contribution is -1.92. The second-order valence-corrected chi connectivity index (χ2v) is 3.82. The SMILES string of the molecule is C=Cc1ccccc1Cc1ccc(N)cc1. The molecule has 0 radical (unpaired) electrons. The van der Waals surface area contributed by atoms with E-state index < -0.39 is 0 Å². The van der Waals surface area contributed by atoms with Crippen LogP contribution in [0.5, 0.6) is 0 Å². The molecule has 0 bridgehead atoms. The van der Waals surface area contributed by atoms with Crippen LogP contribution in [0.25, 0.3) is 6.08 Å². The van der Waals surface area contributed by atoms with E-state index in [1.54, 1.807) is 0 Å². The van der Waals surface area contributed by atoms with E-state index in [4.69, 9.17) is 5.73 Å². The van der Waals surface area contributed by atoms with Crippen LogP contribution in [0, 0.1) is 0 Å². The lowest BCUT2D eigenvalue weighted by atomic mass is 10.00. The molecule has 2 aromatic rings. The average Bonchev–Trinajstić information content (AvgIpc) is 2.33. The molecular weight excluding hydrogens is 194 g/mol. The number of nitrogen functional groups attached to an aromatic ring is 1. The monoisotopic (exact) mass is 209 g/mol. The van der Waals surface area contributed by atoms with E-state index in [0.717, 1.165) is 12.1 Å². The maximum atomic E-state index is 5.66. The summed E-state index contributed by atoms with van der Waals surface area (Å²) in [6, 6.07) is 16.3. The Balaban J connectivity index is 2.26. The first-order valence-corrected chi connectivity index (χ1v) is 5.34. The van der Waals surface area contributed by atoms with Gasteiger partial charge in [0.15, 0.2) is 0 Å². The smallest absolute Gasteiger partial charge is 0.0314 e. The van der Waals surface area contributed by atoms with Gasteiger partial charge in [0.2, 0.25) is 0 Å². The molecule has 0 aliphatic rings. The molecule has 16 heavy (non-hydrogen) atoms. The van der Waals surface area contributed by atoms with Crippen molar-refractivity contribution in [1.82, 2.24) is 0 Å². The molecule has 0 saturated heterocycles. The van der Waals surface area contributed by atoms with Crippen LogP contribution in [0.2, 0.25) is 0 Å². The van der Waals surface area contributed by atoms with Crippen molar-refractivity contribution in [2.75, 3.05) is 5.73 Å². The van der Waals surface area contributed by atoms with Gasteiger partial charge in [0.1, 0.15) is 0 Å². The fourth-order valence-electron chi connectivity index (χ4n) is 1.75. The van der Waals surface area contributed by atoms with Gasteiger partial charge in [0.05, 0.1) is 0 Å². The Bertz CT molecular complexity index is 483. The fraction of sp³-hybridized carbons (Fsp3) is 0.0667. The zero-order chi connectivity index (χ0) is 11.4. The largest absolute Gasteiger partial charge is 0.399 e. The fourth-order valence-corrected chi connectivity index (χ4v) is 1.75. The van der Waals surface area contributed by atoms with E-state index in [1.807, 2.05) is 24.3 Å². The van der Waals surface area contributed by atoms with Gasteiger partial charge < -0.3 is 5.73 Å². The van der Waals surface area contributed by atoms with Crippen molar-refractivity contribution in [1.29, 1.82) is 0 Å². The molecule has 0 atom stereocenters. The first-order chi connectivity index (χ1) is 7.79. The summed E-state index contributed by atoms with van der Waals surface area (Å²) in [5, 5.41) is 0. The summed E-state index contributed by atoms with van der Waals surface area (Å²) in [7, 11) is 0. The highest BCUT2D eigenvalue weighted by molar-refractivity contribution is 5.53. The quantitative estimate of drug-likeness (QED) is 0.769. The Hall–Kier alpha value is -2.02. The van der Waals surface area contributed by atoms with Crippen LogP contribution in [0.4, 0.5) is 5.69 Å². The van der Waals surface area contributed by atoms with E-state index in [-0.39, 0.29) is 0 Å². The first-order valence-electron chi connectivity index (χ1n) is 5.34. The molecule has 2 N–H and O–H groups in total. The zero-order valence-electron chi connectivity index (χ0n) is 9.19. The third-order valence-electron chi connectivity index (χ3n) is 2.65. The van der Waals surface area contributed by atoms with Crippen LogP contribution in [0.15, 0.2) is 55.1 Å². The maximum Gasteiger partial charge on any atom is 0.0314 e. The zero-order valence-corrected chi connectivity index (χ0v) is 9.19. The molecule has 0 aliphatic heterocycles. The summed E-state index contributed by atoms with van der Waals surface area (Å²) < 4.78 is 0. The van der Waals surface area contributed by atoms with Gasteiger partial charge in [-0.05, 0) is 35.2 Å². The molecule has 2 aromatic carbocycles. The van der Waals surface area contributed by atoms with Gasteiger partial charge in [-0.2, -0.15) is 0 Å². The summed E-state index contributed by atoms with van der Waals surface area (Å²) in [6.45, 7) is 3.83. The van der Waals surface area contributed by atoms with Crippen molar-refractivity contribution < 1.29 is 0 Å². The number of benzene rings is 2. The molecule has 0 fully saturated rings. The molecule has 1 heteroatoms. The van der Waals surface area contributed by atoms with Crippen LogP contribution >= 0.6 is 0 Å². The minimum atomic E-state index is 0.806. The Morgan fingerprint density at radius 1 is 1.00 bits per heavy atom. The predicted octanol–water partition coefficient (Wildman–Crippen LogP) is 3.50. The van der Waals surface area contributed by atoms with E-state index in [1.165, 1.54) is 16.7 Å². The van der Waals surface area contributed by atoms with Crippen molar-refractivity contribution in [2.45, 2.75) is 6.42 Å². The Morgan fingerprint density at radius 2 is 1.69 bits per heavy atom. The van der Waals surface area contributed by atoms with Crippen molar-refractivity contribution in [3.63, 3.8) is 0 Å². The van der Waals surface area contributed by atoms with Crippen molar-refractivity contribution in [3.05, 3.63) is 71.8 Å². The number of anilines is 1. The summed E-state index contributed by atoms with van der Waals surface area (Å²) >= 11 is 0. The van der Waals surface area contributed by atoms with Crippen LogP contribution in [-0.2, 0) is 6.42 Å². The van der Waals surface area contributed by atoms with Gasteiger partial charge in [0.25, 0.3) is 0 Å². The van der Waals surface area contributed by atoms with Gasteiger partial charge in [-0.1, -0.05) is 49.1 Å². The van der Waals surface area contributed by atoms with E-state index in [9.17, 15) is 0 Å². The minimum Gasteiger partial charge on any atom is -0.399 e. The number of nitrogens with two attached hydrogens (primary N) is 1. The number of hydrogen-bond acceptors (Lipinski definition) is 1. The molecule has 0 heterocycles. The lowest BCUT2D eigenvalue weighted by Gasteiger charge is -2.06. The summed E-state index contributed by atoms with van der Waals surface area (Å²) in [4.78, 5) is 0. The lowest BCUT2D eigenvalue weighted by molar-refractivity contribution is 1.19. The van der Waals surface area contributed by atoms with E-state index in [2.05, 4.69) is 36.9 Å². The predicted molar refractivity (Wildman–Crippen MR) is 70.2 cm³/mol. The summed E-state index contributed by atoms with van der Waals surface area (Å²) in [5.41, 5.74) is 10.2. The summed E-state index contributed by atoms with van der Waals surface area (Å²) in [5.74, 6) is 0.